The second kappa shape index (κ2) is 9.70. The predicted molar refractivity (Wildman–Crippen MR) is 95.9 cm³/mol. The molecule has 0 saturated heterocycles. The molecule has 0 aliphatic heterocycles. The number of carbonyl (C=O) groups excluding carboxylic acids is 1. The van der Waals surface area contributed by atoms with Crippen LogP contribution in [0.15, 0.2) is 30.5 Å². The number of carbonyl (C=O) groups is 2. The molecule has 6 nitrogen and oxygen atoms in total. The molecule has 1 heterocycles. The summed E-state index contributed by atoms with van der Waals surface area (Å²) >= 11 is 0. The van der Waals surface area contributed by atoms with Crippen molar-refractivity contribution in [1.29, 1.82) is 0 Å². The van der Waals surface area contributed by atoms with Crippen LogP contribution in [-0.4, -0.2) is 33.3 Å². The summed E-state index contributed by atoms with van der Waals surface area (Å²) in [6.45, 7) is 2.34. The first-order valence-electron chi connectivity index (χ1n) is 8.79. The molecule has 0 radical (unpaired) electrons. The summed E-state index contributed by atoms with van der Waals surface area (Å²) in [5, 5.41) is 15.6. The lowest BCUT2D eigenvalue weighted by atomic mass is 10.1. The van der Waals surface area contributed by atoms with Gasteiger partial charge in [0, 0.05) is 19.2 Å². The van der Waals surface area contributed by atoms with Crippen molar-refractivity contribution >= 4 is 11.9 Å². The van der Waals surface area contributed by atoms with Gasteiger partial charge in [-0.15, -0.1) is 0 Å². The Labute approximate surface area is 152 Å². The van der Waals surface area contributed by atoms with Gasteiger partial charge in [-0.25, -0.2) is 9.07 Å². The normalized spacial score (nSPS) is 10.7. The summed E-state index contributed by atoms with van der Waals surface area (Å²) in [7, 11) is 0. The summed E-state index contributed by atoms with van der Waals surface area (Å²) in [4.78, 5) is 22.5. The third-order valence-electron chi connectivity index (χ3n) is 4.08. The van der Waals surface area contributed by atoms with E-state index in [1.807, 2.05) is 0 Å². The molecule has 0 aliphatic rings. The molecule has 1 aromatic carbocycles. The van der Waals surface area contributed by atoms with Gasteiger partial charge in [-0.2, -0.15) is 5.10 Å². The molecule has 1 amide bonds. The molecular weight excluding hydrogens is 337 g/mol. The Hall–Kier alpha value is -2.70. The maximum Gasteiger partial charge on any atom is 0.303 e. The van der Waals surface area contributed by atoms with Crippen molar-refractivity contribution in [3.63, 3.8) is 0 Å². The van der Waals surface area contributed by atoms with E-state index in [-0.39, 0.29) is 18.1 Å². The highest BCUT2D eigenvalue weighted by molar-refractivity contribution is 5.92. The standard InChI is InChI=1S/C19H24FN3O3/c1-14-13-15(20)8-9-17(14)23-12-10-16(22-23)19(26)21-11-6-4-2-3-5-7-18(24)25/h8-10,12-13H,2-7,11H2,1H3,(H,21,26)(H,24,25). The number of halogens is 1. The second-order valence-corrected chi connectivity index (χ2v) is 6.24. The SMILES string of the molecule is Cc1cc(F)ccc1-n1ccc(C(=O)NCCCCCCCC(=O)O)n1. The molecular formula is C19H24FN3O3. The Balaban J connectivity index is 1.73. The van der Waals surface area contributed by atoms with Crippen LogP contribution in [0.1, 0.15) is 54.6 Å². The highest BCUT2D eigenvalue weighted by Gasteiger charge is 2.11. The second-order valence-electron chi connectivity index (χ2n) is 6.24. The van der Waals surface area contributed by atoms with Crippen LogP contribution in [0.25, 0.3) is 5.69 Å². The molecule has 0 unspecified atom stereocenters. The van der Waals surface area contributed by atoms with Crippen molar-refractivity contribution in [3.8, 4) is 5.69 Å². The number of hydrogen-bond donors (Lipinski definition) is 2. The molecule has 0 fully saturated rings. The number of nitrogens with one attached hydrogen (secondary N) is 1. The lowest BCUT2D eigenvalue weighted by Crippen LogP contribution is -2.25. The van der Waals surface area contributed by atoms with E-state index in [1.165, 1.54) is 12.1 Å². The lowest BCUT2D eigenvalue weighted by molar-refractivity contribution is -0.137. The highest BCUT2D eigenvalue weighted by atomic mass is 19.1. The van der Waals surface area contributed by atoms with Crippen LogP contribution in [0.5, 0.6) is 0 Å². The number of aromatic nitrogens is 2. The molecule has 0 aliphatic carbocycles. The lowest BCUT2D eigenvalue weighted by Gasteiger charge is -2.06. The fraction of sp³-hybridized carbons (Fsp3) is 0.421. The Morgan fingerprint density at radius 1 is 1.15 bits per heavy atom. The van der Waals surface area contributed by atoms with Crippen LogP contribution >= 0.6 is 0 Å². The Morgan fingerprint density at radius 2 is 1.88 bits per heavy atom. The first-order chi connectivity index (χ1) is 12.5. The van der Waals surface area contributed by atoms with E-state index in [2.05, 4.69) is 10.4 Å². The topological polar surface area (TPSA) is 84.2 Å². The van der Waals surface area contributed by atoms with Crippen LogP contribution < -0.4 is 5.32 Å². The Bertz CT molecular complexity index is 758. The fourth-order valence-corrected chi connectivity index (χ4v) is 2.68. The van der Waals surface area contributed by atoms with Crippen LogP contribution in [0.2, 0.25) is 0 Å². The first-order valence-corrected chi connectivity index (χ1v) is 8.79. The number of amides is 1. The molecule has 26 heavy (non-hydrogen) atoms. The molecule has 2 N–H and O–H groups in total. The molecule has 0 spiro atoms. The monoisotopic (exact) mass is 361 g/mol. The molecule has 0 bridgehead atoms. The van der Waals surface area contributed by atoms with Gasteiger partial charge >= 0.3 is 5.97 Å². The van der Waals surface area contributed by atoms with Crippen LogP contribution in [0, 0.1) is 12.7 Å². The maximum atomic E-state index is 13.2. The molecule has 140 valence electrons. The number of hydrogen-bond acceptors (Lipinski definition) is 3. The van der Waals surface area contributed by atoms with E-state index < -0.39 is 5.97 Å². The van der Waals surface area contributed by atoms with Crippen LogP contribution in [-0.2, 0) is 4.79 Å². The number of carboxylic acids is 1. The molecule has 0 atom stereocenters. The molecule has 7 heteroatoms. The third-order valence-corrected chi connectivity index (χ3v) is 4.08. The number of aryl methyl sites for hydroxylation is 1. The van der Waals surface area contributed by atoms with Crippen LogP contribution in [0.4, 0.5) is 4.39 Å². The summed E-state index contributed by atoms with van der Waals surface area (Å²) in [5.74, 6) is -1.30. The summed E-state index contributed by atoms with van der Waals surface area (Å²) < 4.78 is 14.7. The van der Waals surface area contributed by atoms with Crippen molar-refractivity contribution in [2.24, 2.45) is 0 Å². The van der Waals surface area contributed by atoms with Gasteiger partial charge in [0.15, 0.2) is 5.69 Å². The molecule has 1 aromatic heterocycles. The number of benzene rings is 1. The highest BCUT2D eigenvalue weighted by Crippen LogP contribution is 2.15. The van der Waals surface area contributed by atoms with E-state index in [0.29, 0.717) is 18.7 Å². The number of nitrogens with zero attached hydrogens (tertiary/aromatic N) is 2. The Kier molecular flexibility index (Phi) is 7.32. The minimum absolute atomic E-state index is 0.215. The van der Waals surface area contributed by atoms with Crippen molar-refractivity contribution in [3.05, 3.63) is 47.5 Å². The van der Waals surface area contributed by atoms with Gasteiger partial charge < -0.3 is 10.4 Å². The zero-order chi connectivity index (χ0) is 18.9. The zero-order valence-corrected chi connectivity index (χ0v) is 14.9. The minimum Gasteiger partial charge on any atom is -0.481 e. The smallest absolute Gasteiger partial charge is 0.303 e. The van der Waals surface area contributed by atoms with Gasteiger partial charge in [0.05, 0.1) is 5.69 Å². The molecule has 2 rings (SSSR count). The number of rotatable bonds is 10. The average Bonchev–Trinajstić information content (AvgIpc) is 3.06. The summed E-state index contributed by atoms with van der Waals surface area (Å²) in [6.07, 6.45) is 6.23. The maximum absolute atomic E-state index is 13.2. The van der Waals surface area contributed by atoms with Gasteiger partial charge in [0.25, 0.3) is 5.91 Å². The average molecular weight is 361 g/mol. The summed E-state index contributed by atoms with van der Waals surface area (Å²) in [5.41, 5.74) is 1.78. The van der Waals surface area contributed by atoms with Crippen molar-refractivity contribution in [2.45, 2.75) is 45.4 Å². The predicted octanol–water partition coefficient (Wildman–Crippen LogP) is 3.47. The largest absolute Gasteiger partial charge is 0.481 e. The van der Waals surface area contributed by atoms with Crippen molar-refractivity contribution in [1.82, 2.24) is 15.1 Å². The first kappa shape index (κ1) is 19.6. The van der Waals surface area contributed by atoms with E-state index in [0.717, 1.165) is 36.9 Å². The van der Waals surface area contributed by atoms with E-state index in [1.54, 1.807) is 29.9 Å². The van der Waals surface area contributed by atoms with E-state index in [9.17, 15) is 14.0 Å². The van der Waals surface area contributed by atoms with E-state index >= 15 is 0 Å². The number of unbranched alkanes of at least 4 members (excludes halogenated alkanes) is 4. The van der Waals surface area contributed by atoms with Crippen LogP contribution in [0.3, 0.4) is 0 Å². The Morgan fingerprint density at radius 3 is 2.62 bits per heavy atom. The van der Waals surface area contributed by atoms with Gasteiger partial charge in [-0.05, 0) is 49.6 Å². The minimum atomic E-state index is -0.757. The fourth-order valence-electron chi connectivity index (χ4n) is 2.68. The third kappa shape index (κ3) is 5.98. The molecule has 2 aromatic rings. The van der Waals surface area contributed by atoms with E-state index in [4.69, 9.17) is 5.11 Å². The van der Waals surface area contributed by atoms with Gasteiger partial charge in [-0.1, -0.05) is 19.3 Å². The van der Waals surface area contributed by atoms with Gasteiger partial charge in [-0.3, -0.25) is 9.59 Å². The zero-order valence-electron chi connectivity index (χ0n) is 14.9. The number of aliphatic carboxylic acids is 1. The summed E-state index contributed by atoms with van der Waals surface area (Å²) in [6, 6.07) is 6.04. The van der Waals surface area contributed by atoms with Gasteiger partial charge in [0.2, 0.25) is 0 Å². The molecule has 0 saturated carbocycles. The van der Waals surface area contributed by atoms with Crippen molar-refractivity contribution < 1.29 is 19.1 Å². The van der Waals surface area contributed by atoms with Crippen molar-refractivity contribution in [2.75, 3.05) is 6.54 Å². The van der Waals surface area contributed by atoms with Gasteiger partial charge in [0.1, 0.15) is 5.82 Å². The number of carboxylic acid groups (broad SMARTS) is 1. The quantitative estimate of drug-likeness (QED) is 0.635.